The first kappa shape index (κ1) is 25.7. The van der Waals surface area contributed by atoms with Gasteiger partial charge in [0, 0.05) is 37.9 Å². The molecule has 1 aromatic rings. The van der Waals surface area contributed by atoms with Gasteiger partial charge in [0.05, 0.1) is 13.7 Å². The Balaban J connectivity index is 1.87. The minimum atomic E-state index is -0.811. The highest BCUT2D eigenvalue weighted by Crippen LogP contribution is 2.26. The van der Waals surface area contributed by atoms with Crippen LogP contribution in [0.5, 0.6) is 5.75 Å². The van der Waals surface area contributed by atoms with Gasteiger partial charge in [0.2, 0.25) is 0 Å². The molecule has 1 heterocycles. The number of nitrogens with one attached hydrogen (secondary N) is 1. The van der Waals surface area contributed by atoms with E-state index < -0.39 is 5.54 Å². The lowest BCUT2D eigenvalue weighted by Gasteiger charge is -2.39. The van der Waals surface area contributed by atoms with E-state index in [1.54, 1.807) is 36.9 Å². The number of carbonyl (C=O) groups excluding carboxylic acids is 2. The van der Waals surface area contributed by atoms with Crippen LogP contribution in [0, 0.1) is 0 Å². The molecule has 0 bridgehead atoms. The first-order valence-electron chi connectivity index (χ1n) is 10.6. The van der Waals surface area contributed by atoms with Crippen LogP contribution in [0.15, 0.2) is 18.2 Å². The van der Waals surface area contributed by atoms with Gasteiger partial charge in [-0.05, 0) is 51.0 Å². The minimum absolute atomic E-state index is 0.204. The van der Waals surface area contributed by atoms with Crippen molar-refractivity contribution < 1.29 is 22.1 Å². The average molecular weight is 547 g/mol. The Kier molecular flexibility index (Phi) is 9.83. The van der Waals surface area contributed by atoms with E-state index in [4.69, 9.17) is 12.5 Å². The van der Waals surface area contributed by atoms with Gasteiger partial charge in [0.25, 0.3) is 0 Å². The minimum Gasteiger partial charge on any atom is -0.492 e. The number of piperazine rings is 1. The largest absolute Gasteiger partial charge is 0.492 e. The van der Waals surface area contributed by atoms with Crippen molar-refractivity contribution in [3.05, 3.63) is 23.8 Å². The molecule has 1 N–H and O–H groups in total. The number of methoxy groups -OCH3 is 1. The Morgan fingerprint density at radius 2 is 2.03 bits per heavy atom. The van der Waals surface area contributed by atoms with Gasteiger partial charge in [-0.1, -0.05) is 6.92 Å². The van der Waals surface area contributed by atoms with E-state index in [-0.39, 0.29) is 11.9 Å². The molecule has 9 heteroatoms. The van der Waals surface area contributed by atoms with Crippen LogP contribution in [0.3, 0.4) is 0 Å². The van der Waals surface area contributed by atoms with E-state index in [9.17, 15) is 9.59 Å². The number of esters is 1. The molecular formula is C22H34IN3O5. The predicted octanol–water partition coefficient (Wildman–Crippen LogP) is 2.89. The maximum absolute atomic E-state index is 11.9. The van der Waals surface area contributed by atoms with Crippen LogP contribution in [-0.2, 0) is 23.8 Å². The standard InChI is InChI=1S/C22H34IN3O5/c1-6-17-13-18(24-22(3,4)21(28)29-5)7-8-19(17)30-12-11-25-9-10-26(16(2)14-25)15-20(27)31-23/h7-8,13,16,24H,6,9-12,14-15H2,1-5H3. The molecule has 174 valence electrons. The van der Waals surface area contributed by atoms with Crippen LogP contribution in [0.4, 0.5) is 5.69 Å². The fraction of sp³-hybridized carbons (Fsp3) is 0.636. The highest BCUT2D eigenvalue weighted by atomic mass is 127. The Labute approximate surface area is 199 Å². The first-order valence-corrected chi connectivity index (χ1v) is 11.5. The monoisotopic (exact) mass is 547 g/mol. The average Bonchev–Trinajstić information content (AvgIpc) is 2.75. The Bertz CT molecular complexity index is 759. The molecule has 0 aliphatic carbocycles. The first-order chi connectivity index (χ1) is 14.7. The van der Waals surface area contributed by atoms with Crippen LogP contribution in [0.1, 0.15) is 33.3 Å². The van der Waals surface area contributed by atoms with E-state index in [1.165, 1.54) is 7.11 Å². The maximum Gasteiger partial charge on any atom is 0.330 e. The summed E-state index contributed by atoms with van der Waals surface area (Å²) in [6, 6.07) is 6.18. The number of halogens is 1. The molecule has 0 amide bonds. The molecule has 0 radical (unpaired) electrons. The summed E-state index contributed by atoms with van der Waals surface area (Å²) in [6.45, 7) is 12.2. The zero-order valence-corrected chi connectivity index (χ0v) is 21.2. The summed E-state index contributed by atoms with van der Waals surface area (Å²) < 4.78 is 15.7. The number of ether oxygens (including phenoxy) is 2. The van der Waals surface area contributed by atoms with Gasteiger partial charge >= 0.3 is 11.9 Å². The summed E-state index contributed by atoms with van der Waals surface area (Å²) in [6.07, 6.45) is 0.826. The van der Waals surface area contributed by atoms with E-state index in [0.29, 0.717) is 19.2 Å². The number of anilines is 1. The number of benzene rings is 1. The van der Waals surface area contributed by atoms with Crippen LogP contribution >= 0.6 is 23.0 Å². The number of aryl methyl sites for hydroxylation is 1. The topological polar surface area (TPSA) is 80.3 Å². The van der Waals surface area contributed by atoms with E-state index in [1.807, 2.05) is 18.2 Å². The van der Waals surface area contributed by atoms with Crippen molar-refractivity contribution in [2.75, 3.05) is 51.8 Å². The molecular weight excluding hydrogens is 513 g/mol. The Hall–Kier alpha value is -1.59. The number of nitrogens with zero attached hydrogens (tertiary/aromatic N) is 2. The predicted molar refractivity (Wildman–Crippen MR) is 129 cm³/mol. The number of carbonyl (C=O) groups is 2. The van der Waals surface area contributed by atoms with Gasteiger partial charge in [-0.15, -0.1) is 0 Å². The smallest absolute Gasteiger partial charge is 0.330 e. The third-order valence-corrected chi connectivity index (χ3v) is 6.02. The molecule has 1 unspecified atom stereocenters. The summed E-state index contributed by atoms with van der Waals surface area (Å²) in [5, 5.41) is 3.23. The molecule has 1 aliphatic rings. The highest BCUT2D eigenvalue weighted by Gasteiger charge is 2.28. The van der Waals surface area contributed by atoms with Crippen LogP contribution < -0.4 is 10.1 Å². The highest BCUT2D eigenvalue weighted by molar-refractivity contribution is 14.1. The number of rotatable bonds is 10. The summed E-state index contributed by atoms with van der Waals surface area (Å²) in [5.41, 5.74) is 1.13. The lowest BCUT2D eigenvalue weighted by atomic mass is 10.0. The Morgan fingerprint density at radius 1 is 1.29 bits per heavy atom. The lowest BCUT2D eigenvalue weighted by molar-refractivity contribution is -0.144. The lowest BCUT2D eigenvalue weighted by Crippen LogP contribution is -2.53. The van der Waals surface area contributed by atoms with Gasteiger partial charge in [0.15, 0.2) is 23.0 Å². The SMILES string of the molecule is CCc1cc(NC(C)(C)C(=O)OC)ccc1OCCN1CCN(CC(=O)OI)C(C)C1. The Morgan fingerprint density at radius 3 is 2.65 bits per heavy atom. The fourth-order valence-electron chi connectivity index (χ4n) is 3.72. The molecule has 1 fully saturated rings. The van der Waals surface area contributed by atoms with Gasteiger partial charge in [-0.25, -0.2) is 9.59 Å². The summed E-state index contributed by atoms with van der Waals surface area (Å²) in [4.78, 5) is 27.9. The molecule has 8 nitrogen and oxygen atoms in total. The van der Waals surface area contributed by atoms with Crippen LogP contribution in [0.2, 0.25) is 0 Å². The van der Waals surface area contributed by atoms with Crippen molar-refractivity contribution in [2.24, 2.45) is 0 Å². The van der Waals surface area contributed by atoms with Gasteiger partial charge in [-0.2, -0.15) is 0 Å². The molecule has 2 rings (SSSR count). The molecule has 1 saturated heterocycles. The van der Waals surface area contributed by atoms with Crippen LogP contribution in [0.25, 0.3) is 0 Å². The summed E-state index contributed by atoms with van der Waals surface area (Å²) in [7, 11) is 1.39. The third kappa shape index (κ3) is 7.50. The molecule has 0 aromatic heterocycles. The molecule has 1 aliphatic heterocycles. The second-order valence-electron chi connectivity index (χ2n) is 8.34. The molecule has 0 spiro atoms. The summed E-state index contributed by atoms with van der Waals surface area (Å²) in [5.74, 6) is 0.344. The second-order valence-corrected chi connectivity index (χ2v) is 8.78. The number of hydrogen-bond donors (Lipinski definition) is 1. The summed E-state index contributed by atoms with van der Waals surface area (Å²) >= 11 is 1.64. The quantitative estimate of drug-likeness (QED) is 0.354. The van der Waals surface area contributed by atoms with E-state index in [0.717, 1.165) is 49.6 Å². The zero-order valence-electron chi connectivity index (χ0n) is 19.1. The van der Waals surface area contributed by atoms with Crippen molar-refractivity contribution >= 4 is 40.6 Å². The number of hydrogen-bond acceptors (Lipinski definition) is 8. The van der Waals surface area contributed by atoms with Gasteiger partial charge < -0.3 is 17.9 Å². The fourth-order valence-corrected chi connectivity index (χ4v) is 3.86. The molecule has 31 heavy (non-hydrogen) atoms. The van der Waals surface area contributed by atoms with E-state index >= 15 is 0 Å². The van der Waals surface area contributed by atoms with Crippen molar-refractivity contribution in [3.8, 4) is 5.75 Å². The van der Waals surface area contributed by atoms with Crippen LogP contribution in [-0.4, -0.2) is 79.8 Å². The third-order valence-electron chi connectivity index (χ3n) is 5.53. The second kappa shape index (κ2) is 11.9. The zero-order chi connectivity index (χ0) is 23.0. The van der Waals surface area contributed by atoms with Crippen molar-refractivity contribution in [1.29, 1.82) is 0 Å². The normalized spacial score (nSPS) is 17.8. The molecule has 1 aromatic carbocycles. The maximum atomic E-state index is 11.9. The van der Waals surface area contributed by atoms with Crippen molar-refractivity contribution in [3.63, 3.8) is 0 Å². The van der Waals surface area contributed by atoms with Gasteiger partial charge in [-0.3, -0.25) is 9.80 Å². The van der Waals surface area contributed by atoms with Crippen molar-refractivity contribution in [1.82, 2.24) is 9.80 Å². The molecule has 1 atom stereocenters. The van der Waals surface area contributed by atoms with Gasteiger partial charge in [0.1, 0.15) is 17.9 Å². The van der Waals surface area contributed by atoms with Crippen molar-refractivity contribution in [2.45, 2.75) is 45.7 Å². The van der Waals surface area contributed by atoms with E-state index in [2.05, 4.69) is 29.0 Å². The molecule has 0 saturated carbocycles.